The number of nitrogens with zero attached hydrogens (tertiary/aromatic N) is 1. The fraction of sp³-hybridized carbons (Fsp3) is 0.500. The number of nitrogens with one attached hydrogen (secondary N) is 1. The topological polar surface area (TPSA) is 34.1 Å². The van der Waals surface area contributed by atoms with Crippen LogP contribution in [0.15, 0.2) is 24.3 Å². The highest BCUT2D eigenvalue weighted by Crippen LogP contribution is 2.27. The number of thiazole rings is 1. The van der Waals surface area contributed by atoms with Crippen LogP contribution >= 0.6 is 11.3 Å². The fourth-order valence-electron chi connectivity index (χ4n) is 2.33. The first-order chi connectivity index (χ1) is 8.83. The molecule has 4 heteroatoms. The van der Waals surface area contributed by atoms with Gasteiger partial charge in [0, 0.05) is 0 Å². The Morgan fingerprint density at radius 3 is 2.89 bits per heavy atom. The van der Waals surface area contributed by atoms with Gasteiger partial charge < -0.3 is 0 Å². The second kappa shape index (κ2) is 5.34. The van der Waals surface area contributed by atoms with Crippen molar-refractivity contribution in [3.8, 4) is 0 Å². The van der Waals surface area contributed by atoms with Crippen LogP contribution in [-0.2, 0) is 4.84 Å². The van der Waals surface area contributed by atoms with Gasteiger partial charge in [-0.15, -0.1) is 11.3 Å². The van der Waals surface area contributed by atoms with Gasteiger partial charge >= 0.3 is 0 Å². The SMILES string of the molecule is CC(NOC1CCCC1)c1nc2ccccc2s1. The number of para-hydroxylation sites is 1. The molecule has 0 radical (unpaired) electrons. The molecule has 0 amide bonds. The maximum Gasteiger partial charge on any atom is 0.113 e. The number of hydrogen-bond donors (Lipinski definition) is 1. The molecular formula is C14H18N2OS. The number of aromatic nitrogens is 1. The molecule has 0 aliphatic heterocycles. The zero-order chi connectivity index (χ0) is 12.4. The van der Waals surface area contributed by atoms with Crippen molar-refractivity contribution in [1.29, 1.82) is 0 Å². The first-order valence-electron chi connectivity index (χ1n) is 6.59. The maximum atomic E-state index is 5.73. The second-order valence-corrected chi connectivity index (χ2v) is 5.95. The first kappa shape index (κ1) is 12.1. The average molecular weight is 262 g/mol. The fourth-order valence-corrected chi connectivity index (χ4v) is 3.29. The molecule has 1 saturated carbocycles. The summed E-state index contributed by atoms with van der Waals surface area (Å²) in [5.74, 6) is 0. The van der Waals surface area contributed by atoms with Gasteiger partial charge in [0.1, 0.15) is 5.01 Å². The zero-order valence-electron chi connectivity index (χ0n) is 10.6. The number of benzene rings is 1. The molecule has 0 spiro atoms. The van der Waals surface area contributed by atoms with E-state index in [1.807, 2.05) is 6.07 Å². The minimum Gasteiger partial charge on any atom is -0.298 e. The Morgan fingerprint density at radius 2 is 2.11 bits per heavy atom. The Kier molecular flexibility index (Phi) is 3.59. The van der Waals surface area contributed by atoms with Gasteiger partial charge in [0.2, 0.25) is 0 Å². The lowest BCUT2D eigenvalue weighted by atomic mass is 10.3. The minimum atomic E-state index is 0.156. The summed E-state index contributed by atoms with van der Waals surface area (Å²) in [6.07, 6.45) is 5.34. The van der Waals surface area contributed by atoms with Crippen molar-refractivity contribution in [2.45, 2.75) is 44.8 Å². The van der Waals surface area contributed by atoms with Gasteiger partial charge in [-0.1, -0.05) is 25.0 Å². The van der Waals surface area contributed by atoms with E-state index in [-0.39, 0.29) is 6.04 Å². The quantitative estimate of drug-likeness (QED) is 0.850. The predicted molar refractivity (Wildman–Crippen MR) is 74.5 cm³/mol. The van der Waals surface area contributed by atoms with Crippen molar-refractivity contribution in [3.05, 3.63) is 29.3 Å². The van der Waals surface area contributed by atoms with E-state index in [2.05, 4.69) is 35.6 Å². The summed E-state index contributed by atoms with van der Waals surface area (Å²) < 4.78 is 1.24. The highest BCUT2D eigenvalue weighted by Gasteiger charge is 2.18. The number of hydroxylamine groups is 1. The molecule has 1 fully saturated rings. The summed E-state index contributed by atoms with van der Waals surface area (Å²) in [4.78, 5) is 10.4. The van der Waals surface area contributed by atoms with Crippen molar-refractivity contribution in [2.24, 2.45) is 0 Å². The minimum absolute atomic E-state index is 0.156. The lowest BCUT2D eigenvalue weighted by molar-refractivity contribution is -0.0376. The van der Waals surface area contributed by atoms with Crippen molar-refractivity contribution in [3.63, 3.8) is 0 Å². The normalized spacial score (nSPS) is 18.5. The summed E-state index contributed by atoms with van der Waals surface area (Å²) in [6.45, 7) is 2.10. The molecule has 1 unspecified atom stereocenters. The number of hydrogen-bond acceptors (Lipinski definition) is 4. The highest BCUT2D eigenvalue weighted by molar-refractivity contribution is 7.18. The molecule has 1 atom stereocenters. The lowest BCUT2D eigenvalue weighted by Gasteiger charge is -2.15. The third kappa shape index (κ3) is 2.55. The molecule has 1 aromatic carbocycles. The Balaban J connectivity index is 1.65. The van der Waals surface area contributed by atoms with Crippen LogP contribution in [0.5, 0.6) is 0 Å². The van der Waals surface area contributed by atoms with E-state index in [1.165, 1.54) is 30.4 Å². The van der Waals surface area contributed by atoms with Crippen LogP contribution in [0, 0.1) is 0 Å². The number of fused-ring (bicyclic) bond motifs is 1. The molecule has 2 aromatic rings. The van der Waals surface area contributed by atoms with Crippen LogP contribution in [0.1, 0.15) is 43.7 Å². The highest BCUT2D eigenvalue weighted by atomic mass is 32.1. The van der Waals surface area contributed by atoms with Gasteiger partial charge in [-0.05, 0) is 31.9 Å². The summed E-state index contributed by atoms with van der Waals surface area (Å²) >= 11 is 1.73. The van der Waals surface area contributed by atoms with Crippen LogP contribution in [0.4, 0.5) is 0 Å². The molecule has 1 aromatic heterocycles. The average Bonchev–Trinajstić information content (AvgIpc) is 3.04. The van der Waals surface area contributed by atoms with Gasteiger partial charge in [-0.2, -0.15) is 5.48 Å². The largest absolute Gasteiger partial charge is 0.298 e. The van der Waals surface area contributed by atoms with E-state index in [0.717, 1.165) is 10.5 Å². The molecule has 1 aliphatic rings. The molecule has 3 nitrogen and oxygen atoms in total. The Morgan fingerprint density at radius 1 is 1.33 bits per heavy atom. The molecule has 0 bridgehead atoms. The smallest absolute Gasteiger partial charge is 0.113 e. The van der Waals surface area contributed by atoms with Crippen molar-refractivity contribution in [2.75, 3.05) is 0 Å². The molecule has 96 valence electrons. The van der Waals surface area contributed by atoms with E-state index >= 15 is 0 Å². The molecule has 1 heterocycles. The first-order valence-corrected chi connectivity index (χ1v) is 7.41. The lowest BCUT2D eigenvalue weighted by Crippen LogP contribution is -2.24. The second-order valence-electron chi connectivity index (χ2n) is 4.88. The van der Waals surface area contributed by atoms with Crippen LogP contribution in [0.25, 0.3) is 10.2 Å². The van der Waals surface area contributed by atoms with E-state index in [1.54, 1.807) is 11.3 Å². The van der Waals surface area contributed by atoms with Crippen molar-refractivity contribution >= 4 is 21.6 Å². The van der Waals surface area contributed by atoms with Crippen LogP contribution in [0.3, 0.4) is 0 Å². The molecule has 1 N–H and O–H groups in total. The number of rotatable bonds is 4. The summed E-state index contributed by atoms with van der Waals surface area (Å²) in [6, 6.07) is 8.40. The van der Waals surface area contributed by atoms with E-state index in [0.29, 0.717) is 6.10 Å². The van der Waals surface area contributed by atoms with Crippen molar-refractivity contribution < 1.29 is 4.84 Å². The maximum absolute atomic E-state index is 5.73. The van der Waals surface area contributed by atoms with Crippen molar-refractivity contribution in [1.82, 2.24) is 10.5 Å². The Bertz CT molecular complexity index is 486. The van der Waals surface area contributed by atoms with Crippen LogP contribution in [-0.4, -0.2) is 11.1 Å². The molecule has 3 rings (SSSR count). The molecule has 0 saturated heterocycles. The van der Waals surface area contributed by atoms with Crippen LogP contribution in [0.2, 0.25) is 0 Å². The molecule has 18 heavy (non-hydrogen) atoms. The Hall–Kier alpha value is -0.970. The molecule has 1 aliphatic carbocycles. The van der Waals surface area contributed by atoms with Gasteiger partial charge in [-0.3, -0.25) is 4.84 Å². The van der Waals surface area contributed by atoms with Gasteiger partial charge in [0.15, 0.2) is 0 Å². The van der Waals surface area contributed by atoms with Gasteiger partial charge in [0.25, 0.3) is 0 Å². The van der Waals surface area contributed by atoms with Crippen LogP contribution < -0.4 is 5.48 Å². The standard InChI is InChI=1S/C14H18N2OS/c1-10(16-17-11-6-2-3-7-11)14-15-12-8-4-5-9-13(12)18-14/h4-5,8-11,16H,2-3,6-7H2,1H3. The zero-order valence-corrected chi connectivity index (χ0v) is 11.4. The van der Waals surface area contributed by atoms with Gasteiger partial charge in [-0.25, -0.2) is 4.98 Å². The van der Waals surface area contributed by atoms with E-state index in [9.17, 15) is 0 Å². The monoisotopic (exact) mass is 262 g/mol. The summed E-state index contributed by atoms with van der Waals surface area (Å²) in [5, 5.41) is 1.09. The Labute approximate surface area is 111 Å². The van der Waals surface area contributed by atoms with E-state index < -0.39 is 0 Å². The predicted octanol–water partition coefficient (Wildman–Crippen LogP) is 3.82. The molecular weight excluding hydrogens is 244 g/mol. The summed E-state index contributed by atoms with van der Waals surface area (Å²) in [5.41, 5.74) is 4.23. The summed E-state index contributed by atoms with van der Waals surface area (Å²) in [7, 11) is 0. The van der Waals surface area contributed by atoms with Gasteiger partial charge in [0.05, 0.1) is 22.4 Å². The third-order valence-corrected chi connectivity index (χ3v) is 4.61. The third-order valence-electron chi connectivity index (χ3n) is 3.39. The van der Waals surface area contributed by atoms with E-state index in [4.69, 9.17) is 4.84 Å².